The highest BCUT2D eigenvalue weighted by molar-refractivity contribution is 5.94. The normalized spacial score (nSPS) is 17.5. The maximum atomic E-state index is 11.8. The number of benzene rings is 1. The monoisotopic (exact) mass is 292 g/mol. The quantitative estimate of drug-likeness (QED) is 0.793. The molecule has 3 N–H and O–H groups in total. The van der Waals surface area contributed by atoms with E-state index in [4.69, 9.17) is 9.84 Å². The summed E-state index contributed by atoms with van der Waals surface area (Å²) in [6.07, 6.45) is 0.951. The van der Waals surface area contributed by atoms with Crippen molar-refractivity contribution in [2.24, 2.45) is 5.92 Å². The van der Waals surface area contributed by atoms with Crippen LogP contribution in [-0.4, -0.2) is 36.9 Å². The lowest BCUT2D eigenvalue weighted by Gasteiger charge is -2.13. The van der Waals surface area contributed by atoms with Gasteiger partial charge in [0.05, 0.1) is 12.2 Å². The molecule has 1 unspecified atom stereocenters. The van der Waals surface area contributed by atoms with E-state index in [1.54, 1.807) is 13.0 Å². The van der Waals surface area contributed by atoms with E-state index in [-0.39, 0.29) is 11.6 Å². The molecular formula is C15H20N2O4. The van der Waals surface area contributed by atoms with E-state index in [0.29, 0.717) is 30.3 Å². The fourth-order valence-corrected chi connectivity index (χ4v) is 2.31. The summed E-state index contributed by atoms with van der Waals surface area (Å²) in [4.78, 5) is 23.0. The standard InChI is InChI=1S/C15H20N2O4/c1-9-5-12(6-13(10(9)2)14(18)19)17-15(20)16-7-11-3-4-21-8-11/h5-6,11H,3-4,7-8H2,1-2H3,(H,18,19)(H2,16,17,20). The number of rotatable bonds is 4. The highest BCUT2D eigenvalue weighted by atomic mass is 16.5. The lowest BCUT2D eigenvalue weighted by Crippen LogP contribution is -2.33. The van der Waals surface area contributed by atoms with Crippen LogP contribution in [0.1, 0.15) is 27.9 Å². The molecule has 0 aliphatic carbocycles. The van der Waals surface area contributed by atoms with Gasteiger partial charge in [-0.25, -0.2) is 9.59 Å². The molecule has 1 aliphatic rings. The van der Waals surface area contributed by atoms with Crippen LogP contribution in [0.2, 0.25) is 0 Å². The molecule has 2 amide bonds. The third-order valence-corrected chi connectivity index (χ3v) is 3.73. The molecule has 114 valence electrons. The smallest absolute Gasteiger partial charge is 0.336 e. The molecule has 6 heteroatoms. The summed E-state index contributed by atoms with van der Waals surface area (Å²) in [5.41, 5.74) is 2.22. The van der Waals surface area contributed by atoms with E-state index in [1.807, 2.05) is 6.92 Å². The summed E-state index contributed by atoms with van der Waals surface area (Å²) in [6.45, 7) is 5.55. The highest BCUT2D eigenvalue weighted by Crippen LogP contribution is 2.20. The number of amides is 2. The minimum absolute atomic E-state index is 0.203. The van der Waals surface area contributed by atoms with Gasteiger partial charge in [-0.05, 0) is 43.5 Å². The molecule has 0 radical (unpaired) electrons. The van der Waals surface area contributed by atoms with Gasteiger partial charge in [0.1, 0.15) is 0 Å². The molecule has 1 heterocycles. The van der Waals surface area contributed by atoms with Gasteiger partial charge in [-0.3, -0.25) is 0 Å². The first-order valence-electron chi connectivity index (χ1n) is 6.94. The largest absolute Gasteiger partial charge is 0.478 e. The number of aromatic carboxylic acids is 1. The molecule has 0 aromatic heterocycles. The molecule has 2 rings (SSSR count). The predicted octanol–water partition coefficient (Wildman–Crippen LogP) is 2.16. The number of ether oxygens (including phenoxy) is 1. The molecule has 1 aromatic carbocycles. The van der Waals surface area contributed by atoms with E-state index in [2.05, 4.69) is 10.6 Å². The number of carboxylic acid groups (broad SMARTS) is 1. The topological polar surface area (TPSA) is 87.7 Å². The second kappa shape index (κ2) is 6.58. The molecule has 1 atom stereocenters. The Kier molecular flexibility index (Phi) is 4.80. The van der Waals surface area contributed by atoms with Crippen molar-refractivity contribution >= 4 is 17.7 Å². The molecular weight excluding hydrogens is 272 g/mol. The Morgan fingerprint density at radius 2 is 2.14 bits per heavy atom. The van der Waals surface area contributed by atoms with Crippen LogP contribution >= 0.6 is 0 Å². The SMILES string of the molecule is Cc1cc(NC(=O)NCC2CCOC2)cc(C(=O)O)c1C. The van der Waals surface area contributed by atoms with Crippen LogP contribution in [0.4, 0.5) is 10.5 Å². The minimum atomic E-state index is -0.997. The second-order valence-corrected chi connectivity index (χ2v) is 5.34. The van der Waals surface area contributed by atoms with Gasteiger partial charge in [0, 0.05) is 24.8 Å². The Hall–Kier alpha value is -2.08. The van der Waals surface area contributed by atoms with Crippen LogP contribution < -0.4 is 10.6 Å². The number of hydrogen-bond acceptors (Lipinski definition) is 3. The van der Waals surface area contributed by atoms with E-state index < -0.39 is 5.97 Å². The summed E-state index contributed by atoms with van der Waals surface area (Å²) in [5.74, 6) is -0.646. The molecule has 1 aromatic rings. The zero-order valence-corrected chi connectivity index (χ0v) is 12.2. The summed E-state index contributed by atoms with van der Waals surface area (Å²) < 4.78 is 5.24. The first kappa shape index (κ1) is 15.3. The van der Waals surface area contributed by atoms with Crippen molar-refractivity contribution in [3.8, 4) is 0 Å². The zero-order valence-electron chi connectivity index (χ0n) is 12.2. The minimum Gasteiger partial charge on any atom is -0.478 e. The number of aryl methyl sites for hydroxylation is 1. The van der Waals surface area contributed by atoms with E-state index in [9.17, 15) is 9.59 Å². The zero-order chi connectivity index (χ0) is 15.4. The van der Waals surface area contributed by atoms with Crippen LogP contribution in [-0.2, 0) is 4.74 Å². The van der Waals surface area contributed by atoms with E-state index >= 15 is 0 Å². The van der Waals surface area contributed by atoms with Gasteiger partial charge in [0.15, 0.2) is 0 Å². The van der Waals surface area contributed by atoms with Gasteiger partial charge < -0.3 is 20.5 Å². The molecule has 0 saturated carbocycles. The fraction of sp³-hybridized carbons (Fsp3) is 0.467. The number of anilines is 1. The van der Waals surface area contributed by atoms with Crippen molar-refractivity contribution < 1.29 is 19.4 Å². The lowest BCUT2D eigenvalue weighted by molar-refractivity contribution is 0.0696. The average Bonchev–Trinajstić information content (AvgIpc) is 2.93. The van der Waals surface area contributed by atoms with Crippen molar-refractivity contribution in [2.75, 3.05) is 25.1 Å². The second-order valence-electron chi connectivity index (χ2n) is 5.34. The van der Waals surface area contributed by atoms with E-state index in [0.717, 1.165) is 18.6 Å². The van der Waals surface area contributed by atoms with Crippen LogP contribution in [0.5, 0.6) is 0 Å². The number of urea groups is 1. The Morgan fingerprint density at radius 1 is 1.38 bits per heavy atom. The third-order valence-electron chi connectivity index (χ3n) is 3.73. The van der Waals surface area contributed by atoms with Gasteiger partial charge in [-0.2, -0.15) is 0 Å². The number of carbonyl (C=O) groups excluding carboxylic acids is 1. The van der Waals surface area contributed by atoms with Crippen molar-refractivity contribution in [1.82, 2.24) is 5.32 Å². The Balaban J connectivity index is 1.98. The molecule has 0 bridgehead atoms. The molecule has 1 aliphatic heterocycles. The number of carbonyl (C=O) groups is 2. The third kappa shape index (κ3) is 3.95. The van der Waals surface area contributed by atoms with Crippen molar-refractivity contribution in [3.05, 3.63) is 28.8 Å². The van der Waals surface area contributed by atoms with Gasteiger partial charge in [0.25, 0.3) is 0 Å². The number of hydrogen-bond donors (Lipinski definition) is 3. The number of carboxylic acids is 1. The molecule has 1 saturated heterocycles. The Morgan fingerprint density at radius 3 is 2.76 bits per heavy atom. The predicted molar refractivity (Wildman–Crippen MR) is 78.8 cm³/mol. The maximum Gasteiger partial charge on any atom is 0.336 e. The maximum absolute atomic E-state index is 11.8. The molecule has 21 heavy (non-hydrogen) atoms. The lowest BCUT2D eigenvalue weighted by atomic mass is 10.0. The summed E-state index contributed by atoms with van der Waals surface area (Å²) in [6, 6.07) is 2.91. The molecule has 0 spiro atoms. The van der Waals surface area contributed by atoms with Crippen LogP contribution in [0, 0.1) is 19.8 Å². The van der Waals surface area contributed by atoms with Crippen LogP contribution in [0.25, 0.3) is 0 Å². The summed E-state index contributed by atoms with van der Waals surface area (Å²) in [5, 5.41) is 14.6. The summed E-state index contributed by atoms with van der Waals surface area (Å²) >= 11 is 0. The Bertz CT molecular complexity index is 551. The fourth-order valence-electron chi connectivity index (χ4n) is 2.31. The molecule has 6 nitrogen and oxygen atoms in total. The van der Waals surface area contributed by atoms with Crippen molar-refractivity contribution in [1.29, 1.82) is 0 Å². The van der Waals surface area contributed by atoms with Crippen LogP contribution in [0.3, 0.4) is 0 Å². The van der Waals surface area contributed by atoms with Crippen molar-refractivity contribution in [3.63, 3.8) is 0 Å². The number of nitrogens with one attached hydrogen (secondary N) is 2. The summed E-state index contributed by atoms with van der Waals surface area (Å²) in [7, 11) is 0. The van der Waals surface area contributed by atoms with Gasteiger partial charge in [-0.15, -0.1) is 0 Å². The highest BCUT2D eigenvalue weighted by Gasteiger charge is 2.17. The molecule has 1 fully saturated rings. The van der Waals surface area contributed by atoms with E-state index in [1.165, 1.54) is 6.07 Å². The first-order chi connectivity index (χ1) is 9.97. The van der Waals surface area contributed by atoms with Gasteiger partial charge in [0.2, 0.25) is 0 Å². The van der Waals surface area contributed by atoms with Crippen LogP contribution in [0.15, 0.2) is 12.1 Å². The van der Waals surface area contributed by atoms with Crippen molar-refractivity contribution in [2.45, 2.75) is 20.3 Å². The van der Waals surface area contributed by atoms with Gasteiger partial charge >= 0.3 is 12.0 Å². The average molecular weight is 292 g/mol. The Labute approximate surface area is 123 Å². The first-order valence-corrected chi connectivity index (χ1v) is 6.94. The van der Waals surface area contributed by atoms with Gasteiger partial charge in [-0.1, -0.05) is 0 Å².